The molecule has 1 atom stereocenters. The molecule has 9 nitrogen and oxygen atoms in total. The van der Waals surface area contributed by atoms with Crippen molar-refractivity contribution in [3.05, 3.63) is 70.1 Å². The summed E-state index contributed by atoms with van der Waals surface area (Å²) in [5, 5.41) is 10.8. The normalized spacial score (nSPS) is 14.6. The van der Waals surface area contributed by atoms with Crippen molar-refractivity contribution in [2.75, 3.05) is 28.4 Å². The Morgan fingerprint density at radius 1 is 0.838 bits per heavy atom. The predicted molar refractivity (Wildman–Crippen MR) is 134 cm³/mol. The zero-order valence-corrected chi connectivity index (χ0v) is 20.6. The second-order valence-corrected chi connectivity index (χ2v) is 8.41. The van der Waals surface area contributed by atoms with Crippen LogP contribution in [0, 0.1) is 0 Å². The summed E-state index contributed by atoms with van der Waals surface area (Å²) < 4.78 is 32.8. The fraction of sp³-hybridized carbons (Fsp3) is 0.214. The topological polar surface area (TPSA) is 114 Å². The van der Waals surface area contributed by atoms with Gasteiger partial charge in [-0.25, -0.2) is 0 Å². The standard InChI is InChI=1S/C28H24O9/c1-32-19-7-5-14(9-21(19)34-3)16-11-24(30)37-23-12-18(29)26-27(31)17(13-36-28(26)25(16)23)15-6-8-20(33-2)22(10-15)35-4/h5-10,12-13,16,29H,11H2,1-4H3/t16-/m1/s1. The maximum absolute atomic E-state index is 13.6. The maximum Gasteiger partial charge on any atom is 0.312 e. The quantitative estimate of drug-likeness (QED) is 0.296. The first kappa shape index (κ1) is 24.1. The van der Waals surface area contributed by atoms with Crippen molar-refractivity contribution >= 4 is 16.9 Å². The number of methoxy groups -OCH3 is 4. The van der Waals surface area contributed by atoms with Gasteiger partial charge in [0.1, 0.15) is 28.7 Å². The van der Waals surface area contributed by atoms with Crippen LogP contribution in [0.5, 0.6) is 34.5 Å². The molecule has 1 aliphatic rings. The fourth-order valence-corrected chi connectivity index (χ4v) is 4.69. The van der Waals surface area contributed by atoms with E-state index in [1.807, 2.05) is 6.07 Å². The number of aromatic hydroxyl groups is 1. The number of hydrogen-bond acceptors (Lipinski definition) is 9. The van der Waals surface area contributed by atoms with Crippen molar-refractivity contribution in [3.8, 4) is 45.6 Å². The first-order valence-electron chi connectivity index (χ1n) is 11.4. The number of phenolic OH excluding ortho intramolecular Hbond substituents is 1. The third-order valence-electron chi connectivity index (χ3n) is 6.47. The van der Waals surface area contributed by atoms with Gasteiger partial charge in [-0.15, -0.1) is 0 Å². The van der Waals surface area contributed by atoms with Crippen LogP contribution in [-0.2, 0) is 4.79 Å². The molecule has 0 bridgehead atoms. The van der Waals surface area contributed by atoms with E-state index in [2.05, 4.69) is 0 Å². The van der Waals surface area contributed by atoms with Gasteiger partial charge in [0, 0.05) is 17.5 Å². The molecule has 5 rings (SSSR count). The number of esters is 1. The lowest BCUT2D eigenvalue weighted by Gasteiger charge is -2.26. The van der Waals surface area contributed by atoms with E-state index in [4.69, 9.17) is 28.1 Å². The molecule has 0 fully saturated rings. The van der Waals surface area contributed by atoms with E-state index in [0.717, 1.165) is 5.56 Å². The molecule has 37 heavy (non-hydrogen) atoms. The Kier molecular flexibility index (Phi) is 6.12. The molecule has 0 radical (unpaired) electrons. The van der Waals surface area contributed by atoms with Crippen LogP contribution >= 0.6 is 0 Å². The van der Waals surface area contributed by atoms with E-state index < -0.39 is 17.3 Å². The van der Waals surface area contributed by atoms with E-state index in [0.29, 0.717) is 34.1 Å². The molecule has 0 unspecified atom stereocenters. The van der Waals surface area contributed by atoms with Crippen molar-refractivity contribution in [2.24, 2.45) is 0 Å². The molecule has 4 aromatic rings. The highest BCUT2D eigenvalue weighted by Gasteiger charge is 2.34. The van der Waals surface area contributed by atoms with Gasteiger partial charge < -0.3 is 33.2 Å². The molecule has 9 heteroatoms. The second-order valence-electron chi connectivity index (χ2n) is 8.41. The number of benzene rings is 3. The minimum absolute atomic E-state index is 0.00347. The largest absolute Gasteiger partial charge is 0.507 e. The molecule has 1 N–H and O–H groups in total. The van der Waals surface area contributed by atoms with Crippen LogP contribution < -0.4 is 29.1 Å². The molecular weight excluding hydrogens is 480 g/mol. The van der Waals surface area contributed by atoms with Crippen LogP contribution in [0.25, 0.3) is 22.1 Å². The van der Waals surface area contributed by atoms with E-state index in [1.54, 1.807) is 30.3 Å². The summed E-state index contributed by atoms with van der Waals surface area (Å²) in [5.41, 5.74) is 1.64. The van der Waals surface area contributed by atoms with Gasteiger partial charge in [0.2, 0.25) is 5.43 Å². The molecule has 0 spiro atoms. The highest BCUT2D eigenvalue weighted by molar-refractivity contribution is 5.94. The Bertz CT molecular complexity index is 1590. The zero-order chi connectivity index (χ0) is 26.3. The Balaban J connectivity index is 1.72. The van der Waals surface area contributed by atoms with Crippen molar-refractivity contribution in [1.82, 2.24) is 0 Å². The average molecular weight is 504 g/mol. The lowest BCUT2D eigenvalue weighted by Crippen LogP contribution is -2.22. The molecule has 1 aliphatic heterocycles. The smallest absolute Gasteiger partial charge is 0.312 e. The van der Waals surface area contributed by atoms with Gasteiger partial charge in [0.05, 0.1) is 40.4 Å². The van der Waals surface area contributed by atoms with Gasteiger partial charge in [0.15, 0.2) is 23.0 Å². The van der Waals surface area contributed by atoms with Crippen molar-refractivity contribution in [2.45, 2.75) is 12.3 Å². The predicted octanol–water partition coefficient (Wildman–Crippen LogP) is 4.64. The van der Waals surface area contributed by atoms with E-state index in [-0.39, 0.29) is 34.5 Å². The molecular formula is C28H24O9. The van der Waals surface area contributed by atoms with Gasteiger partial charge in [-0.1, -0.05) is 12.1 Å². The summed E-state index contributed by atoms with van der Waals surface area (Å²) >= 11 is 0. The lowest BCUT2D eigenvalue weighted by molar-refractivity contribution is -0.135. The van der Waals surface area contributed by atoms with Crippen LogP contribution in [-0.4, -0.2) is 39.5 Å². The fourth-order valence-electron chi connectivity index (χ4n) is 4.69. The highest BCUT2D eigenvalue weighted by atomic mass is 16.5. The number of rotatable bonds is 6. The molecule has 3 aromatic carbocycles. The number of ether oxygens (including phenoxy) is 5. The van der Waals surface area contributed by atoms with Gasteiger partial charge >= 0.3 is 5.97 Å². The summed E-state index contributed by atoms with van der Waals surface area (Å²) in [6, 6.07) is 11.6. The van der Waals surface area contributed by atoms with Crippen LogP contribution in [0.4, 0.5) is 0 Å². The monoisotopic (exact) mass is 504 g/mol. The zero-order valence-electron chi connectivity index (χ0n) is 20.6. The summed E-state index contributed by atoms with van der Waals surface area (Å²) in [7, 11) is 6.07. The number of carbonyl (C=O) groups excluding carboxylic acids is 1. The summed E-state index contributed by atoms with van der Waals surface area (Å²) in [5.74, 6) is 0.744. The third kappa shape index (κ3) is 3.98. The minimum atomic E-state index is -0.519. The maximum atomic E-state index is 13.6. The Hall–Kier alpha value is -4.66. The molecule has 0 saturated carbocycles. The Morgan fingerprint density at radius 2 is 1.49 bits per heavy atom. The average Bonchev–Trinajstić information content (AvgIpc) is 2.91. The van der Waals surface area contributed by atoms with Crippen LogP contribution in [0.1, 0.15) is 23.5 Å². The second kappa shape index (κ2) is 9.42. The summed E-state index contributed by atoms with van der Waals surface area (Å²) in [6.45, 7) is 0. The van der Waals surface area contributed by atoms with Gasteiger partial charge in [-0.2, -0.15) is 0 Å². The molecule has 0 aliphatic carbocycles. The third-order valence-corrected chi connectivity index (χ3v) is 6.47. The van der Waals surface area contributed by atoms with Gasteiger partial charge in [0.25, 0.3) is 0 Å². The summed E-state index contributed by atoms with van der Waals surface area (Å²) in [6.07, 6.45) is 1.33. The van der Waals surface area contributed by atoms with E-state index in [1.165, 1.54) is 40.8 Å². The first-order valence-corrected chi connectivity index (χ1v) is 11.4. The van der Waals surface area contributed by atoms with E-state index in [9.17, 15) is 14.7 Å². The van der Waals surface area contributed by atoms with Gasteiger partial charge in [-0.05, 0) is 35.4 Å². The minimum Gasteiger partial charge on any atom is -0.507 e. The molecule has 190 valence electrons. The van der Waals surface area contributed by atoms with Gasteiger partial charge in [-0.3, -0.25) is 9.59 Å². The first-order chi connectivity index (χ1) is 17.9. The van der Waals surface area contributed by atoms with Crippen LogP contribution in [0.3, 0.4) is 0 Å². The van der Waals surface area contributed by atoms with Crippen molar-refractivity contribution in [1.29, 1.82) is 0 Å². The lowest BCUT2D eigenvalue weighted by atomic mass is 9.84. The SMILES string of the molecule is COc1ccc(-c2coc3c4c(cc(O)c3c2=O)OC(=O)C[C@@H]4c2ccc(OC)c(OC)c2)cc1OC. The summed E-state index contributed by atoms with van der Waals surface area (Å²) in [4.78, 5) is 26.1. The number of fused-ring (bicyclic) bond motifs is 3. The van der Waals surface area contributed by atoms with Crippen molar-refractivity contribution in [3.63, 3.8) is 0 Å². The van der Waals surface area contributed by atoms with Crippen LogP contribution in [0.2, 0.25) is 0 Å². The number of carbonyl (C=O) groups is 1. The number of phenols is 1. The Morgan fingerprint density at radius 3 is 2.16 bits per heavy atom. The molecule has 0 amide bonds. The molecule has 2 heterocycles. The Labute approximate surface area is 211 Å². The molecule has 1 aromatic heterocycles. The van der Waals surface area contributed by atoms with Crippen LogP contribution in [0.15, 0.2) is 57.9 Å². The number of hydrogen-bond donors (Lipinski definition) is 1. The molecule has 0 saturated heterocycles. The van der Waals surface area contributed by atoms with E-state index >= 15 is 0 Å². The highest BCUT2D eigenvalue weighted by Crippen LogP contribution is 2.47. The van der Waals surface area contributed by atoms with Crippen molar-refractivity contribution < 1.29 is 38.0 Å².